The summed E-state index contributed by atoms with van der Waals surface area (Å²) >= 11 is -0.139. The maximum atomic E-state index is 12.3. The summed E-state index contributed by atoms with van der Waals surface area (Å²) in [6.45, 7) is 0.353. The Morgan fingerprint density at radius 3 is 2.35 bits per heavy atom. The van der Waals surface area contributed by atoms with E-state index in [9.17, 15) is 13.2 Å². The summed E-state index contributed by atoms with van der Waals surface area (Å²) in [4.78, 5) is 0.149. The monoisotopic (exact) mass is 286 g/mol. The third kappa shape index (κ3) is 5.63. The lowest BCUT2D eigenvalue weighted by Crippen LogP contribution is -2.16. The molecule has 0 heterocycles. The maximum Gasteiger partial charge on any atom is 0.446 e. The molecule has 0 spiro atoms. The summed E-state index contributed by atoms with van der Waals surface area (Å²) < 4.78 is 36.8. The predicted molar refractivity (Wildman–Crippen MR) is 66.2 cm³/mol. The Bertz CT molecular complexity index is 347. The van der Waals surface area contributed by atoms with Crippen LogP contribution in [0.5, 0.6) is 0 Å². The topological polar surface area (TPSA) is 52.0 Å². The molecule has 0 saturated carbocycles. The Morgan fingerprint density at radius 1 is 1.24 bits per heavy atom. The summed E-state index contributed by atoms with van der Waals surface area (Å²) in [6, 6.07) is 5.81. The number of benzene rings is 1. The second-order valence-corrected chi connectivity index (χ2v) is 4.38. The molecule has 0 unspecified atom stereocenters. The maximum absolute atomic E-state index is 12.3. The van der Waals surface area contributed by atoms with E-state index in [1.54, 1.807) is 18.2 Å². The summed E-state index contributed by atoms with van der Waals surface area (Å²) in [7, 11) is 0. The van der Waals surface area contributed by atoms with Crippen molar-refractivity contribution in [1.29, 1.82) is 0 Å². The van der Waals surface area contributed by atoms with Crippen LogP contribution in [0.3, 0.4) is 0 Å². The largest absolute Gasteiger partial charge is 0.446 e. The molecule has 0 fully saturated rings. The minimum atomic E-state index is -4.29. The van der Waals surface area contributed by atoms with Gasteiger partial charge in [0, 0.05) is 10.9 Å². The Morgan fingerprint density at radius 2 is 1.82 bits per heavy atom. The van der Waals surface area contributed by atoms with Gasteiger partial charge in [0.15, 0.2) is 0 Å². The van der Waals surface area contributed by atoms with Crippen molar-refractivity contribution < 1.29 is 13.2 Å². The second-order valence-electron chi connectivity index (χ2n) is 3.27. The van der Waals surface area contributed by atoms with Crippen molar-refractivity contribution in [3.63, 3.8) is 0 Å². The fraction of sp³-hybridized carbons (Fsp3) is 0.400. The molecule has 1 aromatic rings. The number of thioether (sulfide) groups is 1. The van der Waals surface area contributed by atoms with Gasteiger partial charge in [0.2, 0.25) is 0 Å². The first-order chi connectivity index (χ1) is 7.44. The molecule has 0 aliphatic rings. The van der Waals surface area contributed by atoms with Crippen LogP contribution in [0, 0.1) is 0 Å². The van der Waals surface area contributed by atoms with Crippen LogP contribution in [0.2, 0.25) is 0 Å². The van der Waals surface area contributed by atoms with Crippen molar-refractivity contribution in [1.82, 2.24) is 0 Å². The molecule has 2 nitrogen and oxygen atoms in total. The zero-order valence-corrected chi connectivity index (χ0v) is 10.5. The molecule has 0 aliphatic carbocycles. The van der Waals surface area contributed by atoms with Crippen molar-refractivity contribution in [2.75, 3.05) is 6.54 Å². The van der Waals surface area contributed by atoms with Gasteiger partial charge in [-0.3, -0.25) is 0 Å². The third-order valence-corrected chi connectivity index (χ3v) is 2.84. The highest BCUT2D eigenvalue weighted by atomic mass is 35.5. The standard InChI is InChI=1S/C10H13F3N2S.ClH/c11-10(12,13)16-9-4-2-1-3-7(9)8(15)5-6-14;/h1-4,8H,5-6,14-15H2;1H/t8-;/m1./s1. The van der Waals surface area contributed by atoms with Crippen molar-refractivity contribution in [3.05, 3.63) is 29.8 Å². The summed E-state index contributed by atoms with van der Waals surface area (Å²) in [6.07, 6.45) is 0.468. The Labute approximate surface area is 108 Å². The fourth-order valence-electron chi connectivity index (χ4n) is 1.34. The zero-order chi connectivity index (χ0) is 12.2. The molecule has 0 aromatic heterocycles. The van der Waals surface area contributed by atoms with E-state index in [-0.39, 0.29) is 29.1 Å². The molecular weight excluding hydrogens is 273 g/mol. The van der Waals surface area contributed by atoms with Crippen LogP contribution < -0.4 is 11.5 Å². The minimum Gasteiger partial charge on any atom is -0.330 e. The lowest BCUT2D eigenvalue weighted by molar-refractivity contribution is -0.0328. The van der Waals surface area contributed by atoms with Crippen LogP contribution in [0.15, 0.2) is 29.2 Å². The van der Waals surface area contributed by atoms with Crippen LogP contribution in [-0.4, -0.2) is 12.1 Å². The Hall–Kier alpha value is -0.430. The van der Waals surface area contributed by atoms with Gasteiger partial charge < -0.3 is 11.5 Å². The van der Waals surface area contributed by atoms with Crippen LogP contribution in [0.25, 0.3) is 0 Å². The molecule has 17 heavy (non-hydrogen) atoms. The second kappa shape index (κ2) is 7.10. The number of rotatable bonds is 4. The van der Waals surface area contributed by atoms with E-state index >= 15 is 0 Å². The zero-order valence-electron chi connectivity index (χ0n) is 8.91. The smallest absolute Gasteiger partial charge is 0.330 e. The van der Waals surface area contributed by atoms with E-state index in [0.717, 1.165) is 0 Å². The van der Waals surface area contributed by atoms with Gasteiger partial charge in [-0.2, -0.15) is 13.2 Å². The van der Waals surface area contributed by atoms with Gasteiger partial charge in [-0.1, -0.05) is 18.2 Å². The number of alkyl halides is 3. The SMILES string of the molecule is Cl.NCC[C@@H](N)c1ccccc1SC(F)(F)F. The highest BCUT2D eigenvalue weighted by molar-refractivity contribution is 8.00. The van der Waals surface area contributed by atoms with E-state index in [4.69, 9.17) is 11.5 Å². The number of halogens is 4. The van der Waals surface area contributed by atoms with E-state index in [1.165, 1.54) is 6.07 Å². The summed E-state index contributed by atoms with van der Waals surface area (Å²) in [5.41, 5.74) is 7.30. The van der Waals surface area contributed by atoms with E-state index in [1.807, 2.05) is 0 Å². The molecular formula is C10H14ClF3N2S. The van der Waals surface area contributed by atoms with Crippen molar-refractivity contribution in [2.45, 2.75) is 22.9 Å². The van der Waals surface area contributed by atoms with Gasteiger partial charge >= 0.3 is 5.51 Å². The van der Waals surface area contributed by atoms with Gasteiger partial charge in [-0.15, -0.1) is 12.4 Å². The van der Waals surface area contributed by atoms with Crippen molar-refractivity contribution in [3.8, 4) is 0 Å². The first-order valence-electron chi connectivity index (χ1n) is 4.74. The molecule has 0 radical (unpaired) electrons. The van der Waals surface area contributed by atoms with Crippen LogP contribution in [0.4, 0.5) is 13.2 Å². The predicted octanol–water partition coefficient (Wildman–Crippen LogP) is 3.07. The molecule has 1 atom stereocenters. The van der Waals surface area contributed by atoms with Gasteiger partial charge in [0.25, 0.3) is 0 Å². The first kappa shape index (κ1) is 16.6. The molecule has 0 amide bonds. The number of hydrogen-bond donors (Lipinski definition) is 2. The Kier molecular flexibility index (Phi) is 6.92. The average Bonchev–Trinajstić information content (AvgIpc) is 2.16. The highest BCUT2D eigenvalue weighted by Crippen LogP contribution is 2.39. The average molecular weight is 287 g/mol. The molecule has 7 heteroatoms. The van der Waals surface area contributed by atoms with Crippen molar-refractivity contribution in [2.24, 2.45) is 11.5 Å². The number of hydrogen-bond acceptors (Lipinski definition) is 3. The first-order valence-corrected chi connectivity index (χ1v) is 5.56. The molecule has 0 aliphatic heterocycles. The molecule has 1 rings (SSSR count). The van der Waals surface area contributed by atoms with Crippen molar-refractivity contribution >= 4 is 24.2 Å². The molecule has 4 N–H and O–H groups in total. The number of nitrogens with two attached hydrogens (primary N) is 2. The van der Waals surface area contributed by atoms with E-state index < -0.39 is 11.6 Å². The lowest BCUT2D eigenvalue weighted by atomic mass is 10.1. The van der Waals surface area contributed by atoms with Gasteiger partial charge in [0.1, 0.15) is 0 Å². The highest BCUT2D eigenvalue weighted by Gasteiger charge is 2.30. The normalized spacial score (nSPS) is 13.0. The third-order valence-electron chi connectivity index (χ3n) is 2.02. The van der Waals surface area contributed by atoms with E-state index in [0.29, 0.717) is 18.5 Å². The fourth-order valence-corrected chi connectivity index (χ4v) is 2.07. The van der Waals surface area contributed by atoms with Crippen LogP contribution in [-0.2, 0) is 0 Å². The van der Waals surface area contributed by atoms with Crippen LogP contribution >= 0.6 is 24.2 Å². The van der Waals surface area contributed by atoms with E-state index in [2.05, 4.69) is 0 Å². The Balaban J connectivity index is 0.00000256. The summed E-state index contributed by atoms with van der Waals surface area (Å²) in [5, 5.41) is 0. The van der Waals surface area contributed by atoms with Crippen LogP contribution in [0.1, 0.15) is 18.0 Å². The van der Waals surface area contributed by atoms with Gasteiger partial charge in [-0.05, 0) is 36.4 Å². The van der Waals surface area contributed by atoms with Gasteiger partial charge in [0.05, 0.1) is 0 Å². The molecule has 1 aromatic carbocycles. The summed E-state index contributed by atoms with van der Waals surface area (Å²) in [5.74, 6) is 0. The molecule has 0 bridgehead atoms. The lowest BCUT2D eigenvalue weighted by Gasteiger charge is -2.16. The minimum absolute atomic E-state index is 0. The molecule has 98 valence electrons. The quantitative estimate of drug-likeness (QED) is 0.837. The molecule has 0 saturated heterocycles. The van der Waals surface area contributed by atoms with Gasteiger partial charge in [-0.25, -0.2) is 0 Å².